The van der Waals surface area contributed by atoms with Crippen LogP contribution >= 0.6 is 0 Å². The fourth-order valence-electron chi connectivity index (χ4n) is 1.23. The third-order valence-corrected chi connectivity index (χ3v) is 1.78. The molecule has 83 valence electrons. The molecule has 0 fully saturated rings. The maximum atomic E-state index is 12.6. The van der Waals surface area contributed by atoms with Gasteiger partial charge in [0.25, 0.3) is 0 Å². The standard InChI is InChI=1S/C10H10F3O2/c1-2-15-8-5-3-4-7(6-14)9(8)10(11,12)13/h3-6,14H,2H2,1H3. The molecular formula is C10H10F3O2. The highest BCUT2D eigenvalue weighted by Crippen LogP contribution is 2.39. The number of rotatable bonds is 3. The molecule has 0 amide bonds. The molecule has 1 aromatic carbocycles. The summed E-state index contributed by atoms with van der Waals surface area (Å²) in [6, 6.07) is 3.78. The molecule has 1 aromatic rings. The number of halogens is 3. The van der Waals surface area contributed by atoms with Crippen LogP contribution in [0.3, 0.4) is 0 Å². The van der Waals surface area contributed by atoms with Gasteiger partial charge in [-0.05, 0) is 18.6 Å². The fourth-order valence-corrected chi connectivity index (χ4v) is 1.23. The molecule has 0 saturated carbocycles. The van der Waals surface area contributed by atoms with Crippen molar-refractivity contribution in [2.45, 2.75) is 13.1 Å². The van der Waals surface area contributed by atoms with Crippen LogP contribution in [0.1, 0.15) is 18.1 Å². The zero-order valence-electron chi connectivity index (χ0n) is 8.01. The van der Waals surface area contributed by atoms with Crippen LogP contribution in [0, 0.1) is 6.61 Å². The van der Waals surface area contributed by atoms with Crippen LogP contribution in [0.4, 0.5) is 13.2 Å². The molecule has 5 heteroatoms. The molecule has 0 aromatic heterocycles. The lowest BCUT2D eigenvalue weighted by molar-refractivity contribution is -0.139. The zero-order chi connectivity index (χ0) is 11.5. The minimum absolute atomic E-state index is 0.137. The van der Waals surface area contributed by atoms with Crippen molar-refractivity contribution in [1.82, 2.24) is 0 Å². The minimum Gasteiger partial charge on any atom is -0.493 e. The molecule has 0 unspecified atom stereocenters. The van der Waals surface area contributed by atoms with Gasteiger partial charge in [-0.3, -0.25) is 0 Å². The summed E-state index contributed by atoms with van der Waals surface area (Å²) in [4.78, 5) is 0. The summed E-state index contributed by atoms with van der Waals surface area (Å²) in [5.74, 6) is -0.271. The number of benzene rings is 1. The van der Waals surface area contributed by atoms with Gasteiger partial charge in [0.05, 0.1) is 6.61 Å². The van der Waals surface area contributed by atoms with Crippen LogP contribution in [-0.4, -0.2) is 11.7 Å². The second-order valence-corrected chi connectivity index (χ2v) is 2.78. The first kappa shape index (κ1) is 11.8. The van der Waals surface area contributed by atoms with Crippen molar-refractivity contribution in [3.8, 4) is 5.75 Å². The lowest BCUT2D eigenvalue weighted by atomic mass is 10.1. The summed E-state index contributed by atoms with van der Waals surface area (Å²) >= 11 is 0. The van der Waals surface area contributed by atoms with Gasteiger partial charge in [0, 0.05) is 0 Å². The number of hydrogen-bond acceptors (Lipinski definition) is 2. The lowest BCUT2D eigenvalue weighted by Crippen LogP contribution is -2.11. The highest BCUT2D eigenvalue weighted by atomic mass is 19.4. The van der Waals surface area contributed by atoms with Gasteiger partial charge < -0.3 is 9.84 Å². The Hall–Kier alpha value is -1.23. The van der Waals surface area contributed by atoms with E-state index in [9.17, 15) is 13.2 Å². The van der Waals surface area contributed by atoms with Crippen molar-refractivity contribution in [3.05, 3.63) is 35.9 Å². The van der Waals surface area contributed by atoms with Gasteiger partial charge in [-0.15, -0.1) is 0 Å². The predicted octanol–water partition coefficient (Wildman–Crippen LogP) is 2.99. The monoisotopic (exact) mass is 219 g/mol. The number of alkyl halides is 3. The van der Waals surface area contributed by atoms with Gasteiger partial charge in [-0.25, -0.2) is 0 Å². The SMILES string of the molecule is CCOc1cccc([CH]O)c1C(F)(F)F. The molecule has 0 aliphatic rings. The fraction of sp³-hybridized carbons (Fsp3) is 0.300. The van der Waals surface area contributed by atoms with Crippen molar-refractivity contribution in [3.63, 3.8) is 0 Å². The van der Waals surface area contributed by atoms with E-state index in [0.717, 1.165) is 0 Å². The molecule has 0 atom stereocenters. The Morgan fingerprint density at radius 1 is 1.40 bits per heavy atom. The summed E-state index contributed by atoms with van der Waals surface area (Å²) in [6.45, 7) is 2.15. The van der Waals surface area contributed by atoms with Gasteiger partial charge in [0.1, 0.15) is 17.9 Å². The normalized spacial score (nSPS) is 11.5. The van der Waals surface area contributed by atoms with E-state index in [2.05, 4.69) is 0 Å². The molecular weight excluding hydrogens is 209 g/mol. The van der Waals surface area contributed by atoms with Crippen LogP contribution in [-0.2, 0) is 6.18 Å². The van der Waals surface area contributed by atoms with E-state index in [1.54, 1.807) is 6.92 Å². The van der Waals surface area contributed by atoms with Crippen LogP contribution in [0.2, 0.25) is 0 Å². The van der Waals surface area contributed by atoms with E-state index in [1.165, 1.54) is 18.2 Å². The Kier molecular flexibility index (Phi) is 3.57. The van der Waals surface area contributed by atoms with Crippen LogP contribution in [0.15, 0.2) is 18.2 Å². The van der Waals surface area contributed by atoms with Crippen LogP contribution in [0.25, 0.3) is 0 Å². The largest absolute Gasteiger partial charge is 0.493 e. The minimum atomic E-state index is -4.54. The van der Waals surface area contributed by atoms with Crippen LogP contribution < -0.4 is 4.74 Å². The Morgan fingerprint density at radius 2 is 2.07 bits per heavy atom. The summed E-state index contributed by atoms with van der Waals surface area (Å²) in [5, 5.41) is 8.69. The van der Waals surface area contributed by atoms with Crippen molar-refractivity contribution in [1.29, 1.82) is 0 Å². The number of hydrogen-bond donors (Lipinski definition) is 1. The first-order valence-corrected chi connectivity index (χ1v) is 4.31. The average molecular weight is 219 g/mol. The quantitative estimate of drug-likeness (QED) is 0.846. The van der Waals surface area contributed by atoms with E-state index in [0.29, 0.717) is 6.61 Å². The Balaban J connectivity index is 3.27. The van der Waals surface area contributed by atoms with Crippen molar-refractivity contribution in [2.24, 2.45) is 0 Å². The molecule has 0 heterocycles. The van der Waals surface area contributed by atoms with E-state index < -0.39 is 11.7 Å². The van der Waals surface area contributed by atoms with Crippen molar-refractivity contribution in [2.75, 3.05) is 6.61 Å². The number of aliphatic hydroxyl groups excluding tert-OH is 1. The predicted molar refractivity (Wildman–Crippen MR) is 48.0 cm³/mol. The van der Waals surface area contributed by atoms with Gasteiger partial charge >= 0.3 is 6.18 Å². The summed E-state index contributed by atoms with van der Waals surface area (Å²) < 4.78 is 42.7. The molecule has 2 nitrogen and oxygen atoms in total. The van der Waals surface area contributed by atoms with E-state index in [4.69, 9.17) is 9.84 Å². The van der Waals surface area contributed by atoms with Crippen LogP contribution in [0.5, 0.6) is 5.75 Å². The maximum Gasteiger partial charge on any atom is 0.420 e. The number of aliphatic hydroxyl groups is 1. The lowest BCUT2D eigenvalue weighted by Gasteiger charge is -2.15. The maximum absolute atomic E-state index is 12.6. The molecule has 0 aliphatic carbocycles. The highest BCUT2D eigenvalue weighted by Gasteiger charge is 2.36. The molecule has 0 bridgehead atoms. The van der Waals surface area contributed by atoms with Crippen molar-refractivity contribution < 1.29 is 23.0 Å². The van der Waals surface area contributed by atoms with E-state index >= 15 is 0 Å². The Morgan fingerprint density at radius 3 is 2.53 bits per heavy atom. The third kappa shape index (κ3) is 2.62. The Labute approximate surface area is 85.3 Å². The summed E-state index contributed by atoms with van der Waals surface area (Å²) in [7, 11) is 0. The van der Waals surface area contributed by atoms with Crippen molar-refractivity contribution >= 4 is 0 Å². The third-order valence-electron chi connectivity index (χ3n) is 1.78. The molecule has 1 N–H and O–H groups in total. The molecule has 1 radical (unpaired) electrons. The average Bonchev–Trinajstić information content (AvgIpc) is 2.16. The molecule has 0 saturated heterocycles. The second kappa shape index (κ2) is 4.53. The van der Waals surface area contributed by atoms with Gasteiger partial charge in [0.15, 0.2) is 0 Å². The zero-order valence-corrected chi connectivity index (χ0v) is 8.01. The molecule has 15 heavy (non-hydrogen) atoms. The topological polar surface area (TPSA) is 29.5 Å². The molecule has 0 spiro atoms. The highest BCUT2D eigenvalue weighted by molar-refractivity contribution is 5.44. The first-order valence-electron chi connectivity index (χ1n) is 4.31. The smallest absolute Gasteiger partial charge is 0.420 e. The first-order chi connectivity index (χ1) is 7.00. The second-order valence-electron chi connectivity index (χ2n) is 2.78. The summed E-state index contributed by atoms with van der Waals surface area (Å²) in [5.41, 5.74) is -1.25. The van der Waals surface area contributed by atoms with Gasteiger partial charge in [-0.1, -0.05) is 12.1 Å². The van der Waals surface area contributed by atoms with E-state index in [1.807, 2.05) is 0 Å². The number of ether oxygens (including phenoxy) is 1. The molecule has 0 aliphatic heterocycles. The van der Waals surface area contributed by atoms with Gasteiger partial charge in [-0.2, -0.15) is 13.2 Å². The van der Waals surface area contributed by atoms with E-state index in [-0.39, 0.29) is 17.9 Å². The molecule has 1 rings (SSSR count). The Bertz CT molecular complexity index is 334. The van der Waals surface area contributed by atoms with Gasteiger partial charge in [0.2, 0.25) is 0 Å². The summed E-state index contributed by atoms with van der Waals surface area (Å²) in [6.07, 6.45) is -4.54.